The number of halogens is 3. The van der Waals surface area contributed by atoms with E-state index in [0.717, 1.165) is 28.7 Å². The average molecular weight is 551 g/mol. The fourth-order valence-corrected chi connectivity index (χ4v) is 5.62. The third-order valence-corrected chi connectivity index (χ3v) is 7.82. The van der Waals surface area contributed by atoms with Crippen LogP contribution in [-0.4, -0.2) is 68.3 Å². The van der Waals surface area contributed by atoms with Crippen molar-refractivity contribution in [2.45, 2.75) is 43.9 Å². The van der Waals surface area contributed by atoms with Crippen molar-refractivity contribution in [3.63, 3.8) is 0 Å². The molecule has 0 atom stereocenters. The van der Waals surface area contributed by atoms with Crippen LogP contribution >= 0.6 is 0 Å². The zero-order chi connectivity index (χ0) is 28.5. The summed E-state index contributed by atoms with van der Waals surface area (Å²) in [5.41, 5.74) is 2.49. The van der Waals surface area contributed by atoms with Gasteiger partial charge < -0.3 is 14.8 Å². The van der Waals surface area contributed by atoms with Gasteiger partial charge in [0.1, 0.15) is 11.5 Å². The minimum Gasteiger partial charge on any atom is -0.346 e. The number of hydrogen-bond acceptors (Lipinski definition) is 6. The summed E-state index contributed by atoms with van der Waals surface area (Å²) in [6, 6.07) is 5.83. The molecule has 0 aromatic carbocycles. The van der Waals surface area contributed by atoms with Crippen LogP contribution in [-0.2, 0) is 11.7 Å². The fraction of sp³-hybridized carbons (Fsp3) is 0.393. The molecule has 0 aliphatic carbocycles. The number of carbonyl (C=O) groups excluding carboxylic acids is 1. The molecule has 3 aliphatic rings. The normalized spacial score (nSPS) is 21.6. The van der Waals surface area contributed by atoms with Crippen LogP contribution in [0.1, 0.15) is 48.1 Å². The number of allylic oxidation sites excluding steroid dienone is 1. The Morgan fingerprint density at radius 1 is 1.32 bits per heavy atom. The number of piperidine rings is 1. The molecule has 2 fully saturated rings. The third kappa shape index (κ3) is 5.16. The van der Waals surface area contributed by atoms with Crippen molar-refractivity contribution in [2.75, 3.05) is 26.2 Å². The number of hydrogen-bond donors (Lipinski definition) is 1. The van der Waals surface area contributed by atoms with E-state index >= 15 is 0 Å². The van der Waals surface area contributed by atoms with Crippen LogP contribution in [0.25, 0.3) is 5.57 Å². The standard InChI is InChI=1S/C28H29F3N8O/c1-3-33-24-22(4-11-34-24)19(2)20-6-15-39(16-20)27(9-10-32)17-38(18-27)21-7-13-37(14-8-21)25(40)23-5-12-35-26(36-23)28(29,30)31/h3-6,11-12,15-16,21H,1,7-9,13-14,17-18H2,2H3,(H,33,34)/b22-19+. The average Bonchev–Trinajstić information content (AvgIpc) is 3.60. The lowest BCUT2D eigenvalue weighted by atomic mass is 9.83. The van der Waals surface area contributed by atoms with E-state index in [9.17, 15) is 23.2 Å². The first-order valence-corrected chi connectivity index (χ1v) is 13.0. The molecule has 1 amide bonds. The van der Waals surface area contributed by atoms with E-state index in [2.05, 4.69) is 48.6 Å². The molecule has 0 unspecified atom stereocenters. The molecule has 1 N–H and O–H groups in total. The van der Waals surface area contributed by atoms with Gasteiger partial charge in [-0.2, -0.15) is 18.4 Å². The van der Waals surface area contributed by atoms with Crippen molar-refractivity contribution in [1.29, 1.82) is 5.26 Å². The van der Waals surface area contributed by atoms with Crippen LogP contribution in [0.3, 0.4) is 0 Å². The van der Waals surface area contributed by atoms with E-state index in [1.54, 1.807) is 4.90 Å². The first kappa shape index (κ1) is 27.3. The molecule has 0 spiro atoms. The Hall–Kier alpha value is -4.24. The highest BCUT2D eigenvalue weighted by molar-refractivity contribution is 6.09. The van der Waals surface area contributed by atoms with Crippen molar-refractivity contribution >= 4 is 17.3 Å². The zero-order valence-corrected chi connectivity index (χ0v) is 22.0. The van der Waals surface area contributed by atoms with Crippen molar-refractivity contribution in [3.8, 4) is 6.07 Å². The Bertz CT molecular complexity index is 1430. The number of carbonyl (C=O) groups is 1. The van der Waals surface area contributed by atoms with E-state index in [4.69, 9.17) is 0 Å². The van der Waals surface area contributed by atoms with Gasteiger partial charge in [-0.05, 0) is 49.1 Å². The number of nitrogens with one attached hydrogen (secondary N) is 1. The minimum atomic E-state index is -4.71. The number of likely N-dealkylation sites (tertiary alicyclic amines) is 2. The molecule has 0 saturated carbocycles. The second kappa shape index (κ2) is 10.7. The maximum Gasteiger partial charge on any atom is 0.451 e. The number of amidine groups is 1. The highest BCUT2D eigenvalue weighted by atomic mass is 19.4. The van der Waals surface area contributed by atoms with Gasteiger partial charge in [-0.25, -0.2) is 15.0 Å². The summed E-state index contributed by atoms with van der Waals surface area (Å²) in [6.45, 7) is 7.96. The second-order valence-corrected chi connectivity index (χ2v) is 10.2. The lowest BCUT2D eigenvalue weighted by Gasteiger charge is -2.54. The monoisotopic (exact) mass is 550 g/mol. The van der Waals surface area contributed by atoms with Crippen LogP contribution in [0.15, 0.2) is 66.3 Å². The van der Waals surface area contributed by atoms with Crippen LogP contribution in [0, 0.1) is 11.3 Å². The number of rotatable bonds is 6. The summed E-state index contributed by atoms with van der Waals surface area (Å²) in [5, 5.41) is 12.7. The van der Waals surface area contributed by atoms with Crippen molar-refractivity contribution in [2.24, 2.45) is 4.99 Å². The number of nitrogens with zero attached hydrogens (tertiary/aromatic N) is 7. The van der Waals surface area contributed by atoms with Crippen molar-refractivity contribution in [3.05, 3.63) is 78.4 Å². The van der Waals surface area contributed by atoms with Gasteiger partial charge in [-0.15, -0.1) is 0 Å². The third-order valence-electron chi connectivity index (χ3n) is 7.82. The van der Waals surface area contributed by atoms with E-state index in [-0.39, 0.29) is 17.3 Å². The Morgan fingerprint density at radius 2 is 2.08 bits per heavy atom. The van der Waals surface area contributed by atoms with Gasteiger partial charge in [0.15, 0.2) is 0 Å². The molecule has 9 nitrogen and oxygen atoms in total. The summed E-state index contributed by atoms with van der Waals surface area (Å²) in [6.07, 6.45) is 7.41. The van der Waals surface area contributed by atoms with Crippen LogP contribution in [0.2, 0.25) is 0 Å². The molecule has 12 heteroatoms. The number of aliphatic imine (C=N–C) groups is 1. The Kier molecular flexibility index (Phi) is 7.33. The van der Waals surface area contributed by atoms with Gasteiger partial charge in [0.25, 0.3) is 5.91 Å². The summed E-state index contributed by atoms with van der Waals surface area (Å²) in [5.74, 6) is -1.09. The van der Waals surface area contributed by atoms with Crippen LogP contribution < -0.4 is 5.32 Å². The number of amides is 1. The summed E-state index contributed by atoms with van der Waals surface area (Å²) < 4.78 is 41.0. The van der Waals surface area contributed by atoms with Gasteiger partial charge in [0, 0.05) is 68.8 Å². The topological polar surface area (TPSA) is 102 Å². The maximum atomic E-state index is 13.0. The largest absolute Gasteiger partial charge is 0.451 e. The van der Waals surface area contributed by atoms with E-state index in [1.165, 1.54) is 12.3 Å². The molecule has 40 heavy (non-hydrogen) atoms. The molecular formula is C28H29F3N8O. The smallest absolute Gasteiger partial charge is 0.346 e. The van der Waals surface area contributed by atoms with Crippen LogP contribution in [0.5, 0.6) is 0 Å². The highest BCUT2D eigenvalue weighted by Gasteiger charge is 2.47. The SMILES string of the molecule is C=C/N=C1/NC=C/C1=C(/C)c1ccn(C2(CC#N)CN(C3CCN(C(=O)c4ccnc(C(F)(F)F)n4)CC3)C2)c1. The highest BCUT2D eigenvalue weighted by Crippen LogP contribution is 2.37. The summed E-state index contributed by atoms with van der Waals surface area (Å²) >= 11 is 0. The molecule has 2 aromatic rings. The maximum absolute atomic E-state index is 13.0. The number of nitriles is 1. The summed E-state index contributed by atoms with van der Waals surface area (Å²) in [7, 11) is 0. The van der Waals surface area contributed by atoms with Crippen molar-refractivity contribution < 1.29 is 18.0 Å². The molecule has 0 bridgehead atoms. The first-order chi connectivity index (χ1) is 19.1. The minimum absolute atomic E-state index is 0.221. The number of alkyl halides is 3. The van der Waals surface area contributed by atoms with Crippen molar-refractivity contribution in [1.82, 2.24) is 29.7 Å². The molecular weight excluding hydrogens is 521 g/mol. The molecule has 3 aliphatic heterocycles. The van der Waals surface area contributed by atoms with Gasteiger partial charge in [0.05, 0.1) is 18.0 Å². The Labute approximate surface area is 230 Å². The molecule has 5 heterocycles. The lowest BCUT2D eigenvalue weighted by Crippen LogP contribution is -2.66. The molecule has 208 valence electrons. The quantitative estimate of drug-likeness (QED) is 0.584. The molecule has 2 saturated heterocycles. The predicted molar refractivity (Wildman–Crippen MR) is 143 cm³/mol. The first-order valence-electron chi connectivity index (χ1n) is 13.0. The zero-order valence-electron chi connectivity index (χ0n) is 22.0. The van der Waals surface area contributed by atoms with Gasteiger partial charge in [-0.1, -0.05) is 6.58 Å². The van der Waals surface area contributed by atoms with E-state index in [1.807, 2.05) is 31.5 Å². The van der Waals surface area contributed by atoms with Gasteiger partial charge in [-0.3, -0.25) is 9.69 Å². The van der Waals surface area contributed by atoms with Gasteiger partial charge in [0.2, 0.25) is 5.82 Å². The fourth-order valence-electron chi connectivity index (χ4n) is 5.62. The predicted octanol–water partition coefficient (Wildman–Crippen LogP) is 3.96. The van der Waals surface area contributed by atoms with Crippen LogP contribution in [0.4, 0.5) is 13.2 Å². The molecule has 0 radical (unpaired) electrons. The number of aromatic nitrogens is 3. The molecule has 5 rings (SSSR count). The Morgan fingerprint density at radius 3 is 2.75 bits per heavy atom. The lowest BCUT2D eigenvalue weighted by molar-refractivity contribution is -0.145. The van der Waals surface area contributed by atoms with Gasteiger partial charge >= 0.3 is 6.18 Å². The van der Waals surface area contributed by atoms with E-state index < -0.39 is 17.9 Å². The second-order valence-electron chi connectivity index (χ2n) is 10.2. The summed E-state index contributed by atoms with van der Waals surface area (Å²) in [4.78, 5) is 27.6. The molecule has 2 aromatic heterocycles. The van der Waals surface area contributed by atoms with E-state index in [0.29, 0.717) is 45.4 Å². The Balaban J connectivity index is 1.23.